The largest absolute Gasteiger partial charge is 0.453 e. The van der Waals surface area contributed by atoms with Crippen molar-refractivity contribution in [3.05, 3.63) is 28.0 Å². The number of amides is 2. The van der Waals surface area contributed by atoms with E-state index in [-0.39, 0.29) is 17.6 Å². The van der Waals surface area contributed by atoms with E-state index in [0.29, 0.717) is 17.7 Å². The molecule has 9 nitrogen and oxygen atoms in total. The molecular formula is C15H14FN3O6. The maximum absolute atomic E-state index is 14.4. The van der Waals surface area contributed by atoms with Gasteiger partial charge in [0.25, 0.3) is 0 Å². The number of cyclic esters (lactones) is 1. The molecule has 1 N–H and O–H groups in total. The Morgan fingerprint density at radius 1 is 1.48 bits per heavy atom. The highest BCUT2D eigenvalue weighted by Crippen LogP contribution is 2.42. The van der Waals surface area contributed by atoms with E-state index in [0.717, 1.165) is 4.57 Å². The molecule has 10 heteroatoms. The number of anilines is 1. The highest BCUT2D eigenvalue weighted by molar-refractivity contribution is 5.98. The number of nitrogens with zero attached hydrogens (tertiary/aromatic N) is 2. The van der Waals surface area contributed by atoms with Crippen molar-refractivity contribution < 1.29 is 27.9 Å². The van der Waals surface area contributed by atoms with E-state index in [1.807, 2.05) is 0 Å². The number of methoxy groups -OCH3 is 1. The van der Waals surface area contributed by atoms with Crippen LogP contribution in [0, 0.1) is 5.82 Å². The zero-order chi connectivity index (χ0) is 17.9. The maximum atomic E-state index is 14.4. The van der Waals surface area contributed by atoms with Gasteiger partial charge in [0.1, 0.15) is 11.6 Å². The van der Waals surface area contributed by atoms with Crippen LogP contribution in [0.2, 0.25) is 0 Å². The molecule has 0 spiro atoms. The first-order valence-electron chi connectivity index (χ1n) is 7.55. The first-order valence-corrected chi connectivity index (χ1v) is 7.55. The molecule has 0 radical (unpaired) electrons. The van der Waals surface area contributed by atoms with Crippen LogP contribution in [-0.4, -0.2) is 42.6 Å². The number of carbonyl (C=O) groups excluding carboxylic acids is 2. The van der Waals surface area contributed by atoms with Crippen LogP contribution in [0.4, 0.5) is 19.7 Å². The monoisotopic (exact) mass is 351 g/mol. The molecule has 4 rings (SSSR count). The number of nitrogens with one attached hydrogen (secondary N) is 1. The van der Waals surface area contributed by atoms with Crippen LogP contribution >= 0.6 is 0 Å². The van der Waals surface area contributed by atoms with E-state index < -0.39 is 35.9 Å². The van der Waals surface area contributed by atoms with Gasteiger partial charge in [-0.25, -0.2) is 18.8 Å². The van der Waals surface area contributed by atoms with E-state index >= 15 is 0 Å². The summed E-state index contributed by atoms with van der Waals surface area (Å²) in [4.78, 5) is 36.5. The van der Waals surface area contributed by atoms with Crippen molar-refractivity contribution in [2.45, 2.75) is 18.6 Å². The Morgan fingerprint density at radius 2 is 2.24 bits per heavy atom. The van der Waals surface area contributed by atoms with Gasteiger partial charge in [-0.05, 0) is 0 Å². The Balaban J connectivity index is 1.74. The SMILES string of the molecule is COC(=O)NCC1OC(=O)N2c3cc(F)c4c(oc(=O)n4C)c3C[C@@H]12. The van der Waals surface area contributed by atoms with Gasteiger partial charge in [0.2, 0.25) is 0 Å². The Bertz CT molecular complexity index is 964. The summed E-state index contributed by atoms with van der Waals surface area (Å²) in [6.07, 6.45) is -1.60. The molecule has 2 aromatic rings. The minimum atomic E-state index is -0.680. The van der Waals surface area contributed by atoms with Crippen LogP contribution in [0.15, 0.2) is 15.3 Å². The van der Waals surface area contributed by atoms with Gasteiger partial charge in [-0.2, -0.15) is 0 Å². The standard InChI is InChI=1S/C15H14FN3O6/c1-18-11-7(16)4-8-6(12(11)25-14(18)21)3-9-10(5-17-13(20)23-2)24-15(22)19(8)9/h4,9-10H,3,5H2,1-2H3,(H,17,20)/t9-,10?/m0/s1. The lowest BCUT2D eigenvalue weighted by Gasteiger charge is -2.16. The van der Waals surface area contributed by atoms with Crippen molar-refractivity contribution in [3.63, 3.8) is 0 Å². The van der Waals surface area contributed by atoms with Gasteiger partial charge in [-0.15, -0.1) is 0 Å². The fourth-order valence-corrected chi connectivity index (χ4v) is 3.43. The molecule has 2 aliphatic rings. The number of hydrogen-bond donors (Lipinski definition) is 1. The number of ether oxygens (including phenoxy) is 2. The fraction of sp³-hybridized carbons (Fsp3) is 0.400. The average molecular weight is 351 g/mol. The number of fused-ring (bicyclic) bond motifs is 5. The van der Waals surface area contributed by atoms with E-state index in [1.54, 1.807) is 0 Å². The molecule has 1 unspecified atom stereocenters. The summed E-state index contributed by atoms with van der Waals surface area (Å²) in [6, 6.07) is 0.763. The van der Waals surface area contributed by atoms with Crippen LogP contribution < -0.4 is 16.0 Å². The molecule has 132 valence electrons. The van der Waals surface area contributed by atoms with Crippen LogP contribution in [0.5, 0.6) is 0 Å². The summed E-state index contributed by atoms with van der Waals surface area (Å²) in [6.45, 7) is 0.0535. The molecular weight excluding hydrogens is 337 g/mol. The Labute approximate surface area is 139 Å². The number of aryl methyl sites for hydroxylation is 1. The van der Waals surface area contributed by atoms with Gasteiger partial charge in [0, 0.05) is 25.1 Å². The molecule has 25 heavy (non-hydrogen) atoms. The lowest BCUT2D eigenvalue weighted by atomic mass is 10.0. The highest BCUT2D eigenvalue weighted by Gasteiger charge is 2.49. The first kappa shape index (κ1) is 15.5. The van der Waals surface area contributed by atoms with Crippen molar-refractivity contribution in [1.82, 2.24) is 9.88 Å². The van der Waals surface area contributed by atoms with Crippen LogP contribution in [0.3, 0.4) is 0 Å². The number of oxazole rings is 1. The first-order chi connectivity index (χ1) is 11.9. The highest BCUT2D eigenvalue weighted by atomic mass is 19.1. The minimum absolute atomic E-state index is 0.0535. The van der Waals surface area contributed by atoms with Gasteiger partial charge in [-0.3, -0.25) is 9.47 Å². The summed E-state index contributed by atoms with van der Waals surface area (Å²) in [7, 11) is 2.64. The lowest BCUT2D eigenvalue weighted by Crippen LogP contribution is -2.40. The van der Waals surface area contributed by atoms with E-state index in [4.69, 9.17) is 9.15 Å². The topological polar surface area (TPSA) is 103 Å². The van der Waals surface area contributed by atoms with Crippen LogP contribution in [0.1, 0.15) is 5.56 Å². The summed E-state index contributed by atoms with van der Waals surface area (Å²) in [5.41, 5.74) is 1.07. The predicted molar refractivity (Wildman–Crippen MR) is 82.1 cm³/mol. The molecule has 0 aliphatic carbocycles. The fourth-order valence-electron chi connectivity index (χ4n) is 3.43. The van der Waals surface area contributed by atoms with Crippen molar-refractivity contribution in [2.75, 3.05) is 18.6 Å². The molecule has 0 saturated carbocycles. The summed E-state index contributed by atoms with van der Waals surface area (Å²) >= 11 is 0. The number of hydrogen-bond acceptors (Lipinski definition) is 6. The van der Waals surface area contributed by atoms with Crippen molar-refractivity contribution in [1.29, 1.82) is 0 Å². The number of halogens is 1. The van der Waals surface area contributed by atoms with Gasteiger partial charge in [-0.1, -0.05) is 0 Å². The molecule has 1 aromatic carbocycles. The van der Waals surface area contributed by atoms with Gasteiger partial charge >= 0.3 is 17.9 Å². The second kappa shape index (κ2) is 5.23. The predicted octanol–water partition coefficient (Wildman–Crippen LogP) is 0.877. The number of aromatic nitrogens is 1. The number of alkyl carbamates (subject to hydrolysis) is 1. The number of rotatable bonds is 2. The Morgan fingerprint density at radius 3 is 2.96 bits per heavy atom. The normalized spacial score (nSPS) is 21.2. The third kappa shape index (κ3) is 2.10. The van der Waals surface area contributed by atoms with Crippen LogP contribution in [-0.2, 0) is 22.9 Å². The third-order valence-electron chi connectivity index (χ3n) is 4.60. The second-order valence-corrected chi connectivity index (χ2v) is 5.90. The Hall–Kier alpha value is -3.04. The summed E-state index contributed by atoms with van der Waals surface area (Å²) in [5, 5.41) is 2.48. The van der Waals surface area contributed by atoms with Gasteiger partial charge in [0.05, 0.1) is 25.4 Å². The van der Waals surface area contributed by atoms with Gasteiger partial charge < -0.3 is 19.2 Å². The van der Waals surface area contributed by atoms with E-state index in [9.17, 15) is 18.8 Å². The van der Waals surface area contributed by atoms with Gasteiger partial charge in [0.15, 0.2) is 11.4 Å². The van der Waals surface area contributed by atoms with Crippen molar-refractivity contribution in [2.24, 2.45) is 7.05 Å². The average Bonchev–Trinajstić information content (AvgIpc) is 3.19. The van der Waals surface area contributed by atoms with Crippen molar-refractivity contribution in [3.8, 4) is 0 Å². The summed E-state index contributed by atoms with van der Waals surface area (Å²) in [5.74, 6) is -1.34. The molecule has 2 atom stereocenters. The van der Waals surface area contributed by atoms with E-state index in [2.05, 4.69) is 10.1 Å². The minimum Gasteiger partial charge on any atom is -0.453 e. The van der Waals surface area contributed by atoms with Crippen LogP contribution in [0.25, 0.3) is 11.1 Å². The second-order valence-electron chi connectivity index (χ2n) is 5.90. The molecule has 2 aliphatic heterocycles. The molecule has 3 heterocycles. The molecule has 2 amide bonds. The van der Waals surface area contributed by atoms with E-state index in [1.165, 1.54) is 25.1 Å². The maximum Gasteiger partial charge on any atom is 0.419 e. The molecule has 1 saturated heterocycles. The smallest absolute Gasteiger partial charge is 0.419 e. The Kier molecular flexibility index (Phi) is 3.24. The third-order valence-corrected chi connectivity index (χ3v) is 4.60. The molecule has 1 fully saturated rings. The molecule has 0 bridgehead atoms. The van der Waals surface area contributed by atoms with Crippen molar-refractivity contribution >= 4 is 29.0 Å². The zero-order valence-corrected chi connectivity index (χ0v) is 13.4. The lowest BCUT2D eigenvalue weighted by molar-refractivity contribution is 0.123. The molecule has 1 aromatic heterocycles. The number of benzene rings is 1. The number of carbonyl (C=O) groups is 2. The quantitative estimate of drug-likeness (QED) is 0.861. The zero-order valence-electron chi connectivity index (χ0n) is 13.4. The summed E-state index contributed by atoms with van der Waals surface area (Å²) < 4.78 is 30.4.